The van der Waals surface area contributed by atoms with Crippen molar-refractivity contribution >= 4 is 17.8 Å². The quantitative estimate of drug-likeness (QED) is 0.443. The lowest BCUT2D eigenvalue weighted by molar-refractivity contribution is -0.107. The van der Waals surface area contributed by atoms with Crippen molar-refractivity contribution in [2.45, 2.75) is 66.7 Å². The Balaban J connectivity index is 0.000000838. The molecule has 2 aromatic carbocycles. The zero-order valence-corrected chi connectivity index (χ0v) is 19.2. The molecule has 0 unspecified atom stereocenters. The van der Waals surface area contributed by atoms with Gasteiger partial charge in [0.25, 0.3) is 0 Å². The molecular weight excluding hydrogens is 360 g/mol. The molecule has 0 aromatic heterocycles. The third kappa shape index (κ3) is 11.2. The van der Waals surface area contributed by atoms with E-state index >= 15 is 0 Å². The van der Waals surface area contributed by atoms with Crippen molar-refractivity contribution in [3.05, 3.63) is 48.5 Å². The van der Waals surface area contributed by atoms with Crippen molar-refractivity contribution in [1.82, 2.24) is 0 Å². The predicted octanol–water partition coefficient (Wildman–Crippen LogP) is 7.51. The third-order valence-electron chi connectivity index (χ3n) is 3.82. The van der Waals surface area contributed by atoms with Gasteiger partial charge in [-0.15, -0.1) is 0 Å². The highest BCUT2D eigenvalue weighted by Gasteiger charge is 2.10. The predicted molar refractivity (Wildman–Crippen MR) is 127 cm³/mol. The number of ether oxygens (including phenoxy) is 1. The van der Waals surface area contributed by atoms with Gasteiger partial charge in [0.05, 0.1) is 11.4 Å². The van der Waals surface area contributed by atoms with Crippen molar-refractivity contribution < 1.29 is 9.53 Å². The van der Waals surface area contributed by atoms with Crippen LogP contribution in [0.1, 0.15) is 66.7 Å². The molecule has 0 aliphatic rings. The molecule has 0 radical (unpaired) electrons. The first-order valence-electron chi connectivity index (χ1n) is 10.9. The minimum absolute atomic E-state index is 0.692. The van der Waals surface area contributed by atoms with Crippen LogP contribution in [0.5, 0.6) is 11.5 Å². The molecule has 0 heterocycles. The monoisotopic (exact) mass is 400 g/mol. The summed E-state index contributed by atoms with van der Waals surface area (Å²) in [4.78, 5) is 12.9. The highest BCUT2D eigenvalue weighted by atomic mass is 16.5. The maximum atomic E-state index is 11.2. The first kappa shape index (κ1) is 26.5. The molecule has 0 saturated carbocycles. The number of carbonyl (C=O) groups excluding carboxylic acids is 1. The summed E-state index contributed by atoms with van der Waals surface area (Å²) < 4.78 is 5.80. The lowest BCUT2D eigenvalue weighted by Crippen LogP contribution is -2.22. The molecule has 0 bridgehead atoms. The first-order chi connectivity index (χ1) is 14.1. The molecule has 0 aliphatic heterocycles. The van der Waals surface area contributed by atoms with Gasteiger partial charge in [-0.1, -0.05) is 78.5 Å². The number of nitrogens with zero attached hydrogens (tertiary/aromatic N) is 1. The fraction of sp³-hybridized carbons (Fsp3) is 0.480. The molecule has 29 heavy (non-hydrogen) atoms. The van der Waals surface area contributed by atoms with Crippen LogP contribution in [0.15, 0.2) is 48.5 Å². The van der Waals surface area contributed by atoms with Crippen LogP contribution < -0.4 is 15.0 Å². The zero-order valence-electron chi connectivity index (χ0n) is 19.2. The van der Waals surface area contributed by atoms with Gasteiger partial charge in [-0.25, -0.2) is 0 Å². The molecule has 4 heteroatoms. The van der Waals surface area contributed by atoms with Crippen LogP contribution in [0.3, 0.4) is 0 Å². The lowest BCUT2D eigenvalue weighted by atomic mass is 10.2. The minimum atomic E-state index is 0.692. The Kier molecular flexibility index (Phi) is 16.1. The van der Waals surface area contributed by atoms with Crippen molar-refractivity contribution in [3.8, 4) is 11.5 Å². The topological polar surface area (TPSA) is 41.6 Å². The standard InChI is InChI=1S/C17H20N2O2.C5H12.C3H8/c1-3-11-19(13-20)17-10-9-15(12-16(17)18-2)21-14-7-5-4-6-8-14;1-3-5-4-2;1-3-2/h4-10,12-13,18H,3,11H2,1-2H3;3-5H2,1-2H3;3H2,1-2H3. The van der Waals surface area contributed by atoms with E-state index in [0.29, 0.717) is 6.54 Å². The molecule has 162 valence electrons. The summed E-state index contributed by atoms with van der Waals surface area (Å²) in [6.45, 7) is 11.4. The van der Waals surface area contributed by atoms with E-state index in [1.807, 2.05) is 62.5 Å². The van der Waals surface area contributed by atoms with E-state index in [0.717, 1.165) is 35.7 Å². The second kappa shape index (κ2) is 17.6. The van der Waals surface area contributed by atoms with E-state index in [4.69, 9.17) is 4.74 Å². The summed E-state index contributed by atoms with van der Waals surface area (Å²) >= 11 is 0. The number of hydrogen-bond donors (Lipinski definition) is 1. The van der Waals surface area contributed by atoms with Gasteiger partial charge >= 0.3 is 0 Å². The van der Waals surface area contributed by atoms with E-state index in [-0.39, 0.29) is 0 Å². The highest BCUT2D eigenvalue weighted by Crippen LogP contribution is 2.31. The molecule has 4 nitrogen and oxygen atoms in total. The molecule has 1 amide bonds. The van der Waals surface area contributed by atoms with Gasteiger partial charge in [0.2, 0.25) is 6.41 Å². The smallest absolute Gasteiger partial charge is 0.214 e. The summed E-state index contributed by atoms with van der Waals surface area (Å²) in [6, 6.07) is 15.3. The van der Waals surface area contributed by atoms with Crippen molar-refractivity contribution in [1.29, 1.82) is 0 Å². The van der Waals surface area contributed by atoms with Gasteiger partial charge in [-0.05, 0) is 30.7 Å². The number of unbranched alkanes of at least 4 members (excludes halogenated alkanes) is 2. The molecule has 0 spiro atoms. The minimum Gasteiger partial charge on any atom is -0.457 e. The number of rotatable bonds is 9. The molecular formula is C25H40N2O2. The molecule has 0 atom stereocenters. The maximum Gasteiger partial charge on any atom is 0.214 e. The van der Waals surface area contributed by atoms with Gasteiger partial charge in [-0.2, -0.15) is 0 Å². The average Bonchev–Trinajstić information content (AvgIpc) is 2.74. The van der Waals surface area contributed by atoms with E-state index < -0.39 is 0 Å². The lowest BCUT2D eigenvalue weighted by Gasteiger charge is -2.20. The van der Waals surface area contributed by atoms with Crippen molar-refractivity contribution in [2.75, 3.05) is 23.8 Å². The number of para-hydroxylation sites is 1. The molecule has 2 aromatic rings. The number of benzene rings is 2. The molecule has 0 fully saturated rings. The average molecular weight is 401 g/mol. The number of nitrogens with one attached hydrogen (secondary N) is 1. The third-order valence-corrected chi connectivity index (χ3v) is 3.82. The molecule has 1 N–H and O–H groups in total. The van der Waals surface area contributed by atoms with Crippen LogP contribution in [-0.2, 0) is 4.79 Å². The van der Waals surface area contributed by atoms with Gasteiger partial charge in [0, 0.05) is 19.7 Å². The van der Waals surface area contributed by atoms with E-state index in [2.05, 4.69) is 33.0 Å². The van der Waals surface area contributed by atoms with Gasteiger partial charge in [0.15, 0.2) is 0 Å². The summed E-state index contributed by atoms with van der Waals surface area (Å²) in [5, 5.41) is 3.11. The van der Waals surface area contributed by atoms with Gasteiger partial charge < -0.3 is 15.0 Å². The van der Waals surface area contributed by atoms with E-state index in [9.17, 15) is 4.79 Å². The Hall–Kier alpha value is -2.49. The normalized spacial score (nSPS) is 9.31. The second-order valence-electron chi connectivity index (χ2n) is 6.70. The number of carbonyl (C=O) groups is 1. The Labute approximate surface area is 178 Å². The van der Waals surface area contributed by atoms with Crippen molar-refractivity contribution in [3.63, 3.8) is 0 Å². The number of amides is 1. The summed E-state index contributed by atoms with van der Waals surface area (Å²) in [7, 11) is 1.83. The Bertz CT molecular complexity index is 643. The van der Waals surface area contributed by atoms with E-state index in [1.54, 1.807) is 4.90 Å². The van der Waals surface area contributed by atoms with Crippen LogP contribution in [0.25, 0.3) is 0 Å². The number of anilines is 2. The largest absolute Gasteiger partial charge is 0.457 e. The van der Waals surface area contributed by atoms with Gasteiger partial charge in [0.1, 0.15) is 11.5 Å². The van der Waals surface area contributed by atoms with E-state index in [1.165, 1.54) is 25.7 Å². The summed E-state index contributed by atoms with van der Waals surface area (Å²) in [5.41, 5.74) is 1.72. The first-order valence-corrected chi connectivity index (χ1v) is 10.9. The number of hydrogen-bond acceptors (Lipinski definition) is 3. The van der Waals surface area contributed by atoms with Crippen LogP contribution in [0.2, 0.25) is 0 Å². The second-order valence-corrected chi connectivity index (χ2v) is 6.70. The van der Waals surface area contributed by atoms with Gasteiger partial charge in [-0.3, -0.25) is 4.79 Å². The SMILES string of the molecule is CCC.CCCCC.CCCN(C=O)c1ccc(Oc2ccccc2)cc1NC. The van der Waals surface area contributed by atoms with Crippen LogP contribution in [0, 0.1) is 0 Å². The fourth-order valence-corrected chi connectivity index (χ4v) is 2.48. The summed E-state index contributed by atoms with van der Waals surface area (Å²) in [5.74, 6) is 1.52. The van der Waals surface area contributed by atoms with Crippen LogP contribution >= 0.6 is 0 Å². The zero-order chi connectivity index (χ0) is 21.9. The highest BCUT2D eigenvalue weighted by molar-refractivity contribution is 5.84. The van der Waals surface area contributed by atoms with Crippen LogP contribution in [0.4, 0.5) is 11.4 Å². The molecule has 0 saturated heterocycles. The molecule has 2 rings (SSSR count). The van der Waals surface area contributed by atoms with Crippen LogP contribution in [-0.4, -0.2) is 20.0 Å². The summed E-state index contributed by atoms with van der Waals surface area (Å²) in [6.07, 6.45) is 7.09. The fourth-order valence-electron chi connectivity index (χ4n) is 2.48. The maximum absolute atomic E-state index is 11.2. The van der Waals surface area contributed by atoms with Crippen molar-refractivity contribution in [2.24, 2.45) is 0 Å². The Morgan fingerprint density at radius 3 is 1.97 bits per heavy atom. The molecule has 0 aliphatic carbocycles. The Morgan fingerprint density at radius 2 is 1.52 bits per heavy atom. The Morgan fingerprint density at radius 1 is 0.897 bits per heavy atom.